The van der Waals surface area contributed by atoms with Crippen LogP contribution >= 0.6 is 0 Å². The number of fused-ring (bicyclic) bond motifs is 2. The largest absolute Gasteiger partial charge is 0.311 e. The van der Waals surface area contributed by atoms with Crippen LogP contribution in [0.15, 0.2) is 0 Å². The quantitative estimate of drug-likeness (QED) is 0.718. The van der Waals surface area contributed by atoms with Crippen molar-refractivity contribution < 1.29 is 0 Å². The molecule has 2 aliphatic rings. The van der Waals surface area contributed by atoms with Crippen LogP contribution in [0.3, 0.4) is 0 Å². The zero-order valence-corrected chi connectivity index (χ0v) is 11.3. The third-order valence-electron chi connectivity index (χ3n) is 5.06. The molecule has 1 N–H and O–H groups in total. The third kappa shape index (κ3) is 2.80. The highest BCUT2D eigenvalue weighted by atomic mass is 15.0. The minimum atomic E-state index is 0.777. The van der Waals surface area contributed by atoms with E-state index in [4.69, 9.17) is 0 Å². The summed E-state index contributed by atoms with van der Waals surface area (Å²) in [5.74, 6) is 2.98. The molecule has 5 atom stereocenters. The molecule has 0 saturated heterocycles. The number of hydrogen-bond donors (Lipinski definition) is 1. The average Bonchev–Trinajstić information content (AvgIpc) is 2.89. The van der Waals surface area contributed by atoms with Gasteiger partial charge in [0.1, 0.15) is 0 Å². The van der Waals surface area contributed by atoms with Gasteiger partial charge in [-0.15, -0.1) is 0 Å². The number of nitrogens with one attached hydrogen (secondary N) is 1. The molecule has 2 bridgehead atoms. The fourth-order valence-corrected chi connectivity index (χ4v) is 3.76. The molecule has 0 radical (unpaired) electrons. The van der Waals surface area contributed by atoms with Gasteiger partial charge in [-0.25, -0.2) is 0 Å². The molecule has 94 valence electrons. The van der Waals surface area contributed by atoms with E-state index < -0.39 is 0 Å². The Bertz CT molecular complexity index is 213. The van der Waals surface area contributed by atoms with E-state index in [0.29, 0.717) is 0 Å². The summed E-state index contributed by atoms with van der Waals surface area (Å²) in [6.07, 6.45) is 10.0. The molecule has 0 amide bonds. The zero-order valence-electron chi connectivity index (χ0n) is 11.3. The molecular formula is C15H29N. The van der Waals surface area contributed by atoms with Crippen LogP contribution in [0.5, 0.6) is 0 Å². The molecule has 2 fully saturated rings. The highest BCUT2D eigenvalue weighted by Crippen LogP contribution is 2.44. The Hall–Kier alpha value is -0.0400. The predicted molar refractivity (Wildman–Crippen MR) is 70.5 cm³/mol. The van der Waals surface area contributed by atoms with Gasteiger partial charge in [0.05, 0.1) is 0 Å². The second kappa shape index (κ2) is 5.53. The van der Waals surface area contributed by atoms with E-state index in [9.17, 15) is 0 Å². The lowest BCUT2D eigenvalue weighted by Crippen LogP contribution is -2.41. The molecule has 0 heterocycles. The standard InChI is InChI=1S/C15H29N/c1-4-11(3)8-14(5-2)16-15-10-12-6-7-13(15)9-12/h11-16H,4-10H2,1-3H3. The van der Waals surface area contributed by atoms with Gasteiger partial charge in [0.2, 0.25) is 0 Å². The molecular weight excluding hydrogens is 194 g/mol. The Morgan fingerprint density at radius 3 is 2.44 bits per heavy atom. The maximum absolute atomic E-state index is 3.96. The third-order valence-corrected chi connectivity index (χ3v) is 5.06. The van der Waals surface area contributed by atoms with Crippen LogP contribution in [0.25, 0.3) is 0 Å². The van der Waals surface area contributed by atoms with Crippen LogP contribution in [0.4, 0.5) is 0 Å². The molecule has 1 nitrogen and oxygen atoms in total. The first-order valence-electron chi connectivity index (χ1n) is 7.48. The van der Waals surface area contributed by atoms with Crippen molar-refractivity contribution in [2.45, 2.75) is 77.8 Å². The normalized spacial score (nSPS) is 36.6. The van der Waals surface area contributed by atoms with Gasteiger partial charge in [-0.1, -0.05) is 33.6 Å². The second-order valence-electron chi connectivity index (χ2n) is 6.30. The Morgan fingerprint density at radius 2 is 1.94 bits per heavy atom. The van der Waals surface area contributed by atoms with Crippen molar-refractivity contribution in [3.8, 4) is 0 Å². The van der Waals surface area contributed by atoms with Crippen molar-refractivity contribution in [2.75, 3.05) is 0 Å². The summed E-state index contributed by atoms with van der Waals surface area (Å²) in [5.41, 5.74) is 0. The van der Waals surface area contributed by atoms with Crippen LogP contribution in [-0.4, -0.2) is 12.1 Å². The maximum Gasteiger partial charge on any atom is 0.0101 e. The van der Waals surface area contributed by atoms with Crippen molar-refractivity contribution in [3.05, 3.63) is 0 Å². The summed E-state index contributed by atoms with van der Waals surface area (Å²) in [6.45, 7) is 7.05. The molecule has 0 aromatic carbocycles. The molecule has 0 aromatic heterocycles. The average molecular weight is 223 g/mol. The molecule has 0 aliphatic heterocycles. The molecule has 5 unspecified atom stereocenters. The monoisotopic (exact) mass is 223 g/mol. The number of hydrogen-bond acceptors (Lipinski definition) is 1. The molecule has 2 saturated carbocycles. The minimum Gasteiger partial charge on any atom is -0.311 e. The van der Waals surface area contributed by atoms with Crippen molar-refractivity contribution >= 4 is 0 Å². The van der Waals surface area contributed by atoms with Gasteiger partial charge in [-0.2, -0.15) is 0 Å². The highest BCUT2D eigenvalue weighted by molar-refractivity contribution is 4.95. The minimum absolute atomic E-state index is 0.777. The van der Waals surface area contributed by atoms with Gasteiger partial charge >= 0.3 is 0 Å². The summed E-state index contributed by atoms with van der Waals surface area (Å²) in [5, 5.41) is 3.96. The van der Waals surface area contributed by atoms with E-state index in [0.717, 1.165) is 29.8 Å². The van der Waals surface area contributed by atoms with Crippen molar-refractivity contribution in [1.82, 2.24) is 5.32 Å². The summed E-state index contributed by atoms with van der Waals surface area (Å²) in [6, 6.07) is 1.65. The molecule has 16 heavy (non-hydrogen) atoms. The fraction of sp³-hybridized carbons (Fsp3) is 1.00. The van der Waals surface area contributed by atoms with Gasteiger partial charge in [-0.3, -0.25) is 0 Å². The fourth-order valence-electron chi connectivity index (χ4n) is 3.76. The Labute approximate surface area is 101 Å². The number of rotatable bonds is 6. The first-order chi connectivity index (χ1) is 7.72. The summed E-state index contributed by atoms with van der Waals surface area (Å²) >= 11 is 0. The molecule has 0 spiro atoms. The van der Waals surface area contributed by atoms with Crippen molar-refractivity contribution in [1.29, 1.82) is 0 Å². The van der Waals surface area contributed by atoms with E-state index in [1.807, 2.05) is 0 Å². The van der Waals surface area contributed by atoms with E-state index in [-0.39, 0.29) is 0 Å². The summed E-state index contributed by atoms with van der Waals surface area (Å²) < 4.78 is 0. The van der Waals surface area contributed by atoms with Crippen LogP contribution in [0.1, 0.15) is 65.7 Å². The van der Waals surface area contributed by atoms with Gasteiger partial charge in [0.15, 0.2) is 0 Å². The molecule has 1 heteroatoms. The van der Waals surface area contributed by atoms with E-state index in [2.05, 4.69) is 26.1 Å². The highest BCUT2D eigenvalue weighted by Gasteiger charge is 2.39. The van der Waals surface area contributed by atoms with Gasteiger partial charge in [0.25, 0.3) is 0 Å². The molecule has 2 rings (SSSR count). The SMILES string of the molecule is CCC(C)CC(CC)NC1CC2CCC1C2. The lowest BCUT2D eigenvalue weighted by molar-refractivity contribution is 0.285. The molecule has 0 aromatic rings. The van der Waals surface area contributed by atoms with Crippen LogP contribution in [0, 0.1) is 17.8 Å². The predicted octanol–water partition coefficient (Wildman–Crippen LogP) is 3.98. The second-order valence-corrected chi connectivity index (χ2v) is 6.30. The van der Waals surface area contributed by atoms with Crippen LogP contribution < -0.4 is 5.32 Å². The Balaban J connectivity index is 1.78. The smallest absolute Gasteiger partial charge is 0.0101 e. The zero-order chi connectivity index (χ0) is 11.5. The van der Waals surface area contributed by atoms with E-state index >= 15 is 0 Å². The first kappa shape index (κ1) is 12.4. The van der Waals surface area contributed by atoms with Crippen LogP contribution in [0.2, 0.25) is 0 Å². The van der Waals surface area contributed by atoms with Gasteiger partial charge < -0.3 is 5.32 Å². The molecule has 2 aliphatic carbocycles. The lowest BCUT2D eigenvalue weighted by Gasteiger charge is -2.29. The first-order valence-corrected chi connectivity index (χ1v) is 7.48. The topological polar surface area (TPSA) is 12.0 Å². The van der Waals surface area contributed by atoms with Gasteiger partial charge in [-0.05, 0) is 49.9 Å². The summed E-state index contributed by atoms with van der Waals surface area (Å²) in [4.78, 5) is 0. The van der Waals surface area contributed by atoms with E-state index in [1.54, 1.807) is 0 Å². The van der Waals surface area contributed by atoms with E-state index in [1.165, 1.54) is 44.9 Å². The van der Waals surface area contributed by atoms with Crippen molar-refractivity contribution in [2.24, 2.45) is 17.8 Å². The van der Waals surface area contributed by atoms with Gasteiger partial charge in [0, 0.05) is 12.1 Å². The van der Waals surface area contributed by atoms with Crippen molar-refractivity contribution in [3.63, 3.8) is 0 Å². The Morgan fingerprint density at radius 1 is 1.12 bits per heavy atom. The summed E-state index contributed by atoms with van der Waals surface area (Å²) in [7, 11) is 0. The van der Waals surface area contributed by atoms with Crippen LogP contribution in [-0.2, 0) is 0 Å². The Kier molecular flexibility index (Phi) is 4.29. The maximum atomic E-state index is 3.96. The lowest BCUT2D eigenvalue weighted by atomic mass is 9.92.